The largest absolute Gasteiger partial charge is 0.504 e. The molecule has 1 aliphatic heterocycles. The van der Waals surface area contributed by atoms with Gasteiger partial charge in [-0.25, -0.2) is 4.79 Å². The van der Waals surface area contributed by atoms with Gasteiger partial charge in [0.1, 0.15) is 12.5 Å². The number of Topliss-reactive ketones (excluding diaryl/α,β-unsaturated/α-hetero) is 1. The van der Waals surface area contributed by atoms with E-state index < -0.39 is 29.6 Å². The Labute approximate surface area is 198 Å². The number of carbonyl (C=O) groups excluding carboxylic acids is 3. The Kier molecular flexibility index (Phi) is 7.98. The number of hydrogen-bond donors (Lipinski definition) is 2. The number of esters is 2. The zero-order valence-corrected chi connectivity index (χ0v) is 20.1. The fourth-order valence-electron chi connectivity index (χ4n) is 4.59. The molecule has 0 unspecified atom stereocenters. The lowest BCUT2D eigenvalue weighted by atomic mass is 9.69. The van der Waals surface area contributed by atoms with Crippen LogP contribution in [0.5, 0.6) is 11.5 Å². The molecule has 0 bridgehead atoms. The molecule has 9 nitrogen and oxygen atoms in total. The fraction of sp³-hybridized carbons (Fsp3) is 0.480. The van der Waals surface area contributed by atoms with Gasteiger partial charge in [-0.05, 0) is 43.9 Å². The number of aromatic hydroxyl groups is 1. The van der Waals surface area contributed by atoms with Crippen LogP contribution in [0.25, 0.3) is 0 Å². The van der Waals surface area contributed by atoms with Crippen LogP contribution in [0, 0.1) is 11.8 Å². The average Bonchev–Trinajstić information content (AvgIpc) is 2.80. The lowest BCUT2D eigenvalue weighted by molar-refractivity contribution is -0.151. The number of dihydropyridines is 1. The molecular formula is C25H31NO8. The van der Waals surface area contributed by atoms with Crippen LogP contribution >= 0.6 is 0 Å². The van der Waals surface area contributed by atoms with E-state index in [2.05, 4.69) is 5.32 Å². The highest BCUT2D eigenvalue weighted by Gasteiger charge is 2.47. The van der Waals surface area contributed by atoms with E-state index in [1.54, 1.807) is 19.1 Å². The molecule has 1 aliphatic carbocycles. The van der Waals surface area contributed by atoms with Gasteiger partial charge in [-0.1, -0.05) is 13.0 Å². The van der Waals surface area contributed by atoms with E-state index in [0.717, 1.165) is 0 Å². The van der Waals surface area contributed by atoms with Crippen LogP contribution in [0.15, 0.2) is 40.7 Å². The number of methoxy groups -OCH3 is 2. The highest BCUT2D eigenvalue weighted by molar-refractivity contribution is 6.12. The molecule has 0 aromatic heterocycles. The van der Waals surface area contributed by atoms with Gasteiger partial charge >= 0.3 is 11.9 Å². The lowest BCUT2D eigenvalue weighted by Gasteiger charge is -2.38. The van der Waals surface area contributed by atoms with Gasteiger partial charge in [0.05, 0.1) is 26.4 Å². The first-order valence-electron chi connectivity index (χ1n) is 11.2. The first-order valence-corrected chi connectivity index (χ1v) is 11.2. The van der Waals surface area contributed by atoms with Crippen molar-refractivity contribution in [3.05, 3.63) is 46.3 Å². The zero-order valence-electron chi connectivity index (χ0n) is 20.1. The van der Waals surface area contributed by atoms with Crippen LogP contribution in [0.4, 0.5) is 0 Å². The Morgan fingerprint density at radius 2 is 1.94 bits per heavy atom. The van der Waals surface area contributed by atoms with Crippen LogP contribution in [-0.4, -0.2) is 56.9 Å². The number of phenols is 1. The Morgan fingerprint density at radius 1 is 1.21 bits per heavy atom. The smallest absolute Gasteiger partial charge is 0.336 e. The summed E-state index contributed by atoms with van der Waals surface area (Å²) in [5.41, 5.74) is 2.19. The molecule has 0 spiro atoms. The van der Waals surface area contributed by atoms with Crippen molar-refractivity contribution >= 4 is 17.7 Å². The van der Waals surface area contributed by atoms with Crippen molar-refractivity contribution in [2.75, 3.05) is 34.0 Å². The van der Waals surface area contributed by atoms with Gasteiger partial charge in [0.2, 0.25) is 0 Å². The van der Waals surface area contributed by atoms with Crippen molar-refractivity contribution in [1.82, 2.24) is 5.32 Å². The Balaban J connectivity index is 2.11. The molecule has 1 aromatic carbocycles. The number of hydrogen-bond acceptors (Lipinski definition) is 9. The Morgan fingerprint density at radius 3 is 2.56 bits per heavy atom. The number of nitrogens with one attached hydrogen (secondary N) is 1. The van der Waals surface area contributed by atoms with Crippen LogP contribution in [0.3, 0.4) is 0 Å². The SMILES string of the molecule is CCOCCOC(=O)C1=C(C)NC2=C(C(=O)[C@@H](C(=O)OC)[C@@H](C)C2)[C@@H]1c1ccc(OC)c(O)c1. The number of allylic oxidation sites excluding steroid dienone is 3. The molecular weight excluding hydrogens is 442 g/mol. The normalized spacial score (nSPS) is 22.1. The van der Waals surface area contributed by atoms with E-state index in [1.165, 1.54) is 20.3 Å². The highest BCUT2D eigenvalue weighted by Crippen LogP contribution is 2.46. The molecule has 184 valence electrons. The highest BCUT2D eigenvalue weighted by atomic mass is 16.6. The molecule has 3 rings (SSSR count). The fourth-order valence-corrected chi connectivity index (χ4v) is 4.59. The van der Waals surface area contributed by atoms with E-state index in [9.17, 15) is 19.5 Å². The summed E-state index contributed by atoms with van der Waals surface area (Å²) in [7, 11) is 2.67. The minimum atomic E-state index is -0.992. The summed E-state index contributed by atoms with van der Waals surface area (Å²) in [6, 6.07) is 4.70. The maximum Gasteiger partial charge on any atom is 0.336 e. The summed E-state index contributed by atoms with van der Waals surface area (Å²) in [6.07, 6.45) is 0.420. The van der Waals surface area contributed by atoms with Gasteiger partial charge in [-0.15, -0.1) is 0 Å². The minimum absolute atomic E-state index is 0.0473. The van der Waals surface area contributed by atoms with E-state index in [-0.39, 0.29) is 36.2 Å². The third kappa shape index (κ3) is 4.79. The predicted octanol–water partition coefficient (Wildman–Crippen LogP) is 2.59. The second-order valence-electron chi connectivity index (χ2n) is 8.30. The monoisotopic (exact) mass is 473 g/mol. The number of rotatable bonds is 8. The van der Waals surface area contributed by atoms with Crippen molar-refractivity contribution in [2.24, 2.45) is 11.8 Å². The number of ketones is 1. The molecule has 34 heavy (non-hydrogen) atoms. The molecule has 0 saturated heterocycles. The van der Waals surface area contributed by atoms with E-state index in [0.29, 0.717) is 35.6 Å². The van der Waals surface area contributed by atoms with Crippen LogP contribution in [-0.2, 0) is 28.6 Å². The number of ether oxygens (including phenoxy) is 4. The summed E-state index contributed by atoms with van der Waals surface area (Å²) in [5.74, 6) is -3.66. The minimum Gasteiger partial charge on any atom is -0.504 e. The van der Waals surface area contributed by atoms with Gasteiger partial charge in [-0.2, -0.15) is 0 Å². The second-order valence-corrected chi connectivity index (χ2v) is 8.30. The summed E-state index contributed by atoms with van der Waals surface area (Å²) in [6.45, 7) is 6.17. The lowest BCUT2D eigenvalue weighted by Crippen LogP contribution is -2.43. The van der Waals surface area contributed by atoms with Gasteiger partial charge in [0, 0.05) is 29.5 Å². The third-order valence-corrected chi connectivity index (χ3v) is 6.16. The van der Waals surface area contributed by atoms with Gasteiger partial charge in [0.25, 0.3) is 0 Å². The van der Waals surface area contributed by atoms with Gasteiger partial charge in [0.15, 0.2) is 17.3 Å². The first-order chi connectivity index (χ1) is 16.2. The molecule has 3 atom stereocenters. The van der Waals surface area contributed by atoms with Crippen LogP contribution in [0.1, 0.15) is 38.7 Å². The maximum atomic E-state index is 13.7. The molecule has 1 heterocycles. The average molecular weight is 474 g/mol. The number of phenolic OH excluding ortho intramolecular Hbond substituents is 1. The Bertz CT molecular complexity index is 1040. The Hall–Kier alpha value is -3.33. The summed E-state index contributed by atoms with van der Waals surface area (Å²) in [4.78, 5) is 39.3. The van der Waals surface area contributed by atoms with E-state index in [4.69, 9.17) is 18.9 Å². The number of benzene rings is 1. The summed E-state index contributed by atoms with van der Waals surface area (Å²) < 4.78 is 20.7. The third-order valence-electron chi connectivity index (χ3n) is 6.16. The molecule has 9 heteroatoms. The van der Waals surface area contributed by atoms with Crippen LogP contribution in [0.2, 0.25) is 0 Å². The topological polar surface area (TPSA) is 120 Å². The van der Waals surface area contributed by atoms with Crippen molar-refractivity contribution < 1.29 is 38.4 Å². The van der Waals surface area contributed by atoms with E-state index >= 15 is 0 Å². The molecule has 0 amide bonds. The second kappa shape index (κ2) is 10.7. The standard InChI is InChI=1S/C25H31NO8/c1-6-33-9-10-34-25(30)20-14(3)26-16-11-13(2)19(24(29)32-5)23(28)22(16)21(20)15-7-8-18(31-4)17(27)12-15/h7-8,12-13,19,21,26-27H,6,9-11H2,1-5H3/t13-,19-,21+/m0/s1. The van der Waals surface area contributed by atoms with Gasteiger partial charge in [-0.3, -0.25) is 9.59 Å². The molecule has 0 fully saturated rings. The predicted molar refractivity (Wildman–Crippen MR) is 122 cm³/mol. The first kappa shape index (κ1) is 25.3. The molecule has 0 radical (unpaired) electrons. The molecule has 2 aliphatic rings. The quantitative estimate of drug-likeness (QED) is 0.333. The molecule has 2 N–H and O–H groups in total. The van der Waals surface area contributed by atoms with Crippen molar-refractivity contribution in [2.45, 2.75) is 33.1 Å². The number of carbonyl (C=O) groups is 3. The van der Waals surface area contributed by atoms with E-state index in [1.807, 2.05) is 13.8 Å². The van der Waals surface area contributed by atoms with Crippen molar-refractivity contribution in [1.29, 1.82) is 0 Å². The maximum absolute atomic E-state index is 13.7. The van der Waals surface area contributed by atoms with Gasteiger partial charge < -0.3 is 29.4 Å². The van der Waals surface area contributed by atoms with Crippen molar-refractivity contribution in [3.8, 4) is 11.5 Å². The summed E-state index contributed by atoms with van der Waals surface area (Å²) >= 11 is 0. The van der Waals surface area contributed by atoms with Crippen LogP contribution < -0.4 is 10.1 Å². The zero-order chi connectivity index (χ0) is 25.0. The molecule has 0 saturated carbocycles. The van der Waals surface area contributed by atoms with Crippen molar-refractivity contribution in [3.63, 3.8) is 0 Å². The summed E-state index contributed by atoms with van der Waals surface area (Å²) in [5, 5.41) is 13.6. The molecule has 1 aromatic rings.